The van der Waals surface area contributed by atoms with Gasteiger partial charge in [0.25, 0.3) is 0 Å². The second kappa shape index (κ2) is 7.32. The maximum Gasteiger partial charge on any atom is 0.416 e. The van der Waals surface area contributed by atoms with Gasteiger partial charge in [-0.3, -0.25) is 9.88 Å². The van der Waals surface area contributed by atoms with E-state index in [9.17, 15) is 13.2 Å². The Hall–Kier alpha value is -1.92. The summed E-state index contributed by atoms with van der Waals surface area (Å²) in [5.74, 6) is 0. The molecule has 1 saturated heterocycles. The van der Waals surface area contributed by atoms with E-state index in [0.29, 0.717) is 5.56 Å². The van der Waals surface area contributed by atoms with E-state index >= 15 is 0 Å². The van der Waals surface area contributed by atoms with E-state index < -0.39 is 11.7 Å². The maximum atomic E-state index is 13.1. The fraction of sp³-hybridized carbons (Fsp3) is 0.389. The molecule has 1 fully saturated rings. The van der Waals surface area contributed by atoms with Crippen LogP contribution < -0.4 is 5.32 Å². The molecule has 128 valence electrons. The van der Waals surface area contributed by atoms with Gasteiger partial charge < -0.3 is 5.32 Å². The molecule has 0 saturated carbocycles. The van der Waals surface area contributed by atoms with Crippen molar-refractivity contribution in [2.45, 2.75) is 18.6 Å². The number of hydrogen-bond acceptors (Lipinski definition) is 3. The van der Waals surface area contributed by atoms with Gasteiger partial charge in [-0.15, -0.1) is 0 Å². The standard InChI is InChI=1S/C18H20F3N3/c19-18(20,21)16-4-1-3-15(13-16)17(14-5-8-23-9-6-14)24-11-2-7-22-10-12-24/h1,3-6,8-9,13,17,22H,2,7,10-12H2. The molecule has 1 unspecified atom stereocenters. The molecule has 3 rings (SSSR count). The third-order valence-corrected chi connectivity index (χ3v) is 4.29. The summed E-state index contributed by atoms with van der Waals surface area (Å²) in [6.45, 7) is 3.40. The number of aromatic nitrogens is 1. The van der Waals surface area contributed by atoms with Crippen molar-refractivity contribution in [3.05, 3.63) is 65.5 Å². The van der Waals surface area contributed by atoms with Crippen molar-refractivity contribution in [3.8, 4) is 0 Å². The lowest BCUT2D eigenvalue weighted by Gasteiger charge is -2.31. The van der Waals surface area contributed by atoms with Gasteiger partial charge in [0.05, 0.1) is 11.6 Å². The fourth-order valence-corrected chi connectivity index (χ4v) is 3.17. The van der Waals surface area contributed by atoms with E-state index in [4.69, 9.17) is 0 Å². The van der Waals surface area contributed by atoms with E-state index in [1.165, 1.54) is 12.1 Å². The first-order chi connectivity index (χ1) is 11.6. The molecule has 1 aliphatic rings. The van der Waals surface area contributed by atoms with Gasteiger partial charge in [-0.1, -0.05) is 12.1 Å². The van der Waals surface area contributed by atoms with Gasteiger partial charge in [-0.05, 0) is 48.4 Å². The third kappa shape index (κ3) is 3.94. The lowest BCUT2D eigenvalue weighted by atomic mass is 9.96. The summed E-state index contributed by atoms with van der Waals surface area (Å²) in [6.07, 6.45) is 0.0116. The molecule has 0 spiro atoms. The molecule has 1 atom stereocenters. The first-order valence-electron chi connectivity index (χ1n) is 8.07. The van der Waals surface area contributed by atoms with Gasteiger partial charge in [-0.2, -0.15) is 13.2 Å². The van der Waals surface area contributed by atoms with Crippen molar-refractivity contribution < 1.29 is 13.2 Å². The minimum Gasteiger partial charge on any atom is -0.315 e. The molecule has 0 aliphatic carbocycles. The van der Waals surface area contributed by atoms with Crippen LogP contribution in [-0.2, 0) is 6.18 Å². The average Bonchev–Trinajstić information content (AvgIpc) is 2.85. The van der Waals surface area contributed by atoms with Crippen LogP contribution in [0.4, 0.5) is 13.2 Å². The number of nitrogens with zero attached hydrogens (tertiary/aromatic N) is 2. The topological polar surface area (TPSA) is 28.2 Å². The highest BCUT2D eigenvalue weighted by atomic mass is 19.4. The minimum absolute atomic E-state index is 0.199. The predicted molar refractivity (Wildman–Crippen MR) is 86.6 cm³/mol. The highest BCUT2D eigenvalue weighted by Gasteiger charge is 2.32. The lowest BCUT2D eigenvalue weighted by Crippen LogP contribution is -2.33. The number of pyridine rings is 1. The van der Waals surface area contributed by atoms with Crippen LogP contribution in [0.25, 0.3) is 0 Å². The van der Waals surface area contributed by atoms with Gasteiger partial charge in [0.1, 0.15) is 0 Å². The van der Waals surface area contributed by atoms with E-state index in [0.717, 1.165) is 44.2 Å². The number of hydrogen-bond donors (Lipinski definition) is 1. The van der Waals surface area contributed by atoms with Crippen molar-refractivity contribution in [2.24, 2.45) is 0 Å². The molecule has 24 heavy (non-hydrogen) atoms. The second-order valence-electron chi connectivity index (χ2n) is 5.95. The number of rotatable bonds is 3. The summed E-state index contributed by atoms with van der Waals surface area (Å²) < 4.78 is 39.3. The highest BCUT2D eigenvalue weighted by molar-refractivity contribution is 5.34. The molecule has 0 bridgehead atoms. The number of nitrogens with one attached hydrogen (secondary N) is 1. The molecule has 0 amide bonds. The van der Waals surface area contributed by atoms with E-state index in [-0.39, 0.29) is 6.04 Å². The lowest BCUT2D eigenvalue weighted by molar-refractivity contribution is -0.137. The summed E-state index contributed by atoms with van der Waals surface area (Å²) in [7, 11) is 0. The minimum atomic E-state index is -4.33. The normalized spacial score (nSPS) is 18.1. The van der Waals surface area contributed by atoms with Crippen LogP contribution in [0.15, 0.2) is 48.8 Å². The van der Waals surface area contributed by atoms with Crippen LogP contribution in [0.5, 0.6) is 0 Å². The molecular formula is C18H20F3N3. The van der Waals surface area contributed by atoms with Crippen molar-refractivity contribution in [1.82, 2.24) is 15.2 Å². The molecule has 2 heterocycles. The highest BCUT2D eigenvalue weighted by Crippen LogP contribution is 2.34. The molecule has 1 N–H and O–H groups in total. The Morgan fingerprint density at radius 2 is 1.79 bits per heavy atom. The molecule has 6 heteroatoms. The largest absolute Gasteiger partial charge is 0.416 e. The Labute approximate surface area is 139 Å². The van der Waals surface area contributed by atoms with Crippen LogP contribution in [-0.4, -0.2) is 36.1 Å². The third-order valence-electron chi connectivity index (χ3n) is 4.29. The van der Waals surface area contributed by atoms with Crippen LogP contribution in [0.2, 0.25) is 0 Å². The van der Waals surface area contributed by atoms with E-state index in [1.54, 1.807) is 18.5 Å². The van der Waals surface area contributed by atoms with Crippen LogP contribution in [0.1, 0.15) is 29.2 Å². The van der Waals surface area contributed by atoms with Crippen LogP contribution in [0, 0.1) is 0 Å². The smallest absolute Gasteiger partial charge is 0.315 e. The summed E-state index contributed by atoms with van der Waals surface area (Å²) >= 11 is 0. The summed E-state index contributed by atoms with van der Waals surface area (Å²) in [6, 6.07) is 9.21. The molecule has 3 nitrogen and oxygen atoms in total. The zero-order valence-corrected chi connectivity index (χ0v) is 13.3. The number of alkyl halides is 3. The van der Waals surface area contributed by atoms with E-state index in [2.05, 4.69) is 15.2 Å². The van der Waals surface area contributed by atoms with Gasteiger partial charge in [0, 0.05) is 32.0 Å². The van der Waals surface area contributed by atoms with Gasteiger partial charge in [-0.25, -0.2) is 0 Å². The van der Waals surface area contributed by atoms with E-state index in [1.807, 2.05) is 12.1 Å². The summed E-state index contributed by atoms with van der Waals surface area (Å²) in [4.78, 5) is 6.27. The molecule has 1 aromatic carbocycles. The first-order valence-corrected chi connectivity index (χ1v) is 8.07. The Bertz CT molecular complexity index is 650. The average molecular weight is 335 g/mol. The zero-order valence-electron chi connectivity index (χ0n) is 13.3. The second-order valence-corrected chi connectivity index (χ2v) is 5.95. The monoisotopic (exact) mass is 335 g/mol. The van der Waals surface area contributed by atoms with Crippen molar-refractivity contribution in [3.63, 3.8) is 0 Å². The quantitative estimate of drug-likeness (QED) is 0.931. The van der Waals surface area contributed by atoms with Gasteiger partial charge >= 0.3 is 6.18 Å². The fourth-order valence-electron chi connectivity index (χ4n) is 3.17. The van der Waals surface area contributed by atoms with Crippen molar-refractivity contribution >= 4 is 0 Å². The summed E-state index contributed by atoms with van der Waals surface area (Å²) in [5.41, 5.74) is 1.02. The van der Waals surface area contributed by atoms with Crippen LogP contribution in [0.3, 0.4) is 0 Å². The molecule has 2 aromatic rings. The zero-order chi connectivity index (χ0) is 17.0. The number of halogens is 3. The molecule has 1 aliphatic heterocycles. The first kappa shape index (κ1) is 16.9. The number of benzene rings is 1. The predicted octanol–water partition coefficient (Wildman–Crippen LogP) is 3.49. The van der Waals surface area contributed by atoms with Crippen molar-refractivity contribution in [1.29, 1.82) is 0 Å². The summed E-state index contributed by atoms with van der Waals surface area (Å²) in [5, 5.41) is 3.34. The Morgan fingerprint density at radius 3 is 2.54 bits per heavy atom. The molecule has 1 aromatic heterocycles. The maximum absolute atomic E-state index is 13.1. The SMILES string of the molecule is FC(F)(F)c1cccc(C(c2ccncc2)N2CCCNCC2)c1. The Balaban J connectivity index is 2.01. The van der Waals surface area contributed by atoms with Gasteiger partial charge in [0.2, 0.25) is 0 Å². The van der Waals surface area contributed by atoms with Gasteiger partial charge in [0.15, 0.2) is 0 Å². The van der Waals surface area contributed by atoms with Crippen LogP contribution >= 0.6 is 0 Å². The molecule has 0 radical (unpaired) electrons. The Kier molecular flexibility index (Phi) is 5.16. The Morgan fingerprint density at radius 1 is 1.00 bits per heavy atom. The van der Waals surface area contributed by atoms with Crippen molar-refractivity contribution in [2.75, 3.05) is 26.2 Å². The molecular weight excluding hydrogens is 315 g/mol.